The number of benzene rings is 2. The van der Waals surface area contributed by atoms with E-state index in [9.17, 15) is 18.0 Å². The summed E-state index contributed by atoms with van der Waals surface area (Å²) in [6.45, 7) is 5.99. The molecule has 0 saturated heterocycles. The van der Waals surface area contributed by atoms with Crippen molar-refractivity contribution in [3.8, 4) is 0 Å². The molecule has 30 heavy (non-hydrogen) atoms. The van der Waals surface area contributed by atoms with Crippen LogP contribution >= 0.6 is 0 Å². The lowest BCUT2D eigenvalue weighted by Gasteiger charge is -2.20. The topological polar surface area (TPSA) is 88.5 Å². The Hall–Kier alpha value is -2.97. The predicted molar refractivity (Wildman–Crippen MR) is 118 cm³/mol. The third-order valence-electron chi connectivity index (χ3n) is 5.17. The number of nitrogens with one attached hydrogen (secondary N) is 1. The van der Waals surface area contributed by atoms with Crippen molar-refractivity contribution >= 4 is 32.5 Å². The van der Waals surface area contributed by atoms with Crippen LogP contribution in [0.15, 0.2) is 58.2 Å². The van der Waals surface area contributed by atoms with Gasteiger partial charge < -0.3 is 9.88 Å². The highest BCUT2D eigenvalue weighted by molar-refractivity contribution is 7.89. The van der Waals surface area contributed by atoms with Gasteiger partial charge in [-0.15, -0.1) is 0 Å². The molecular weight excluding hydrogens is 402 g/mol. The second kappa shape index (κ2) is 8.41. The molecule has 158 valence electrons. The molecular formula is C22H25N3O4S. The molecule has 3 aromatic rings. The van der Waals surface area contributed by atoms with Gasteiger partial charge in [0.15, 0.2) is 0 Å². The lowest BCUT2D eigenvalue weighted by atomic mass is 10.1. The Kier molecular flexibility index (Phi) is 6.09. The molecule has 0 aliphatic rings. The van der Waals surface area contributed by atoms with Gasteiger partial charge in [0.1, 0.15) is 0 Å². The number of pyridine rings is 1. The van der Waals surface area contributed by atoms with Gasteiger partial charge in [0.25, 0.3) is 11.5 Å². The maximum Gasteiger partial charge on any atom is 0.256 e. The lowest BCUT2D eigenvalue weighted by Crippen LogP contribution is -2.31. The minimum Gasteiger partial charge on any atom is -0.322 e. The summed E-state index contributed by atoms with van der Waals surface area (Å²) in [7, 11) is -2.02. The molecule has 0 radical (unpaired) electrons. The zero-order valence-corrected chi connectivity index (χ0v) is 18.3. The molecule has 1 heterocycles. The number of sulfonamides is 1. The quantitative estimate of drug-likeness (QED) is 0.655. The fourth-order valence-corrected chi connectivity index (χ4v) is 5.16. The van der Waals surface area contributed by atoms with E-state index in [0.717, 1.165) is 0 Å². The standard InChI is InChI=1S/C22H25N3O4S/c1-5-25(6-2)30(28,29)20-13-16(12-11-15(20)3)23-22(27)18-14-21(26)24(4)19-10-8-7-9-17(18)19/h7-14H,5-6H2,1-4H3,(H,23,27). The van der Waals surface area contributed by atoms with Gasteiger partial charge in [0.05, 0.1) is 16.0 Å². The zero-order valence-electron chi connectivity index (χ0n) is 17.5. The first-order valence-corrected chi connectivity index (χ1v) is 11.2. The van der Waals surface area contributed by atoms with Crippen molar-refractivity contribution in [1.29, 1.82) is 0 Å². The highest BCUT2D eigenvalue weighted by Crippen LogP contribution is 2.25. The smallest absolute Gasteiger partial charge is 0.256 e. The van der Waals surface area contributed by atoms with Crippen LogP contribution in [0.5, 0.6) is 0 Å². The molecule has 7 nitrogen and oxygen atoms in total. The number of aromatic nitrogens is 1. The van der Waals surface area contributed by atoms with Gasteiger partial charge in [0.2, 0.25) is 10.0 Å². The number of aryl methyl sites for hydroxylation is 2. The van der Waals surface area contributed by atoms with E-state index >= 15 is 0 Å². The molecule has 0 fully saturated rings. The first kappa shape index (κ1) is 21.7. The normalized spacial score (nSPS) is 11.8. The van der Waals surface area contributed by atoms with Crippen molar-refractivity contribution in [2.24, 2.45) is 7.05 Å². The van der Waals surface area contributed by atoms with Crippen LogP contribution in [0.1, 0.15) is 29.8 Å². The highest BCUT2D eigenvalue weighted by atomic mass is 32.2. The maximum atomic E-state index is 13.0. The zero-order chi connectivity index (χ0) is 22.1. The van der Waals surface area contributed by atoms with Crippen molar-refractivity contribution in [2.75, 3.05) is 18.4 Å². The summed E-state index contributed by atoms with van der Waals surface area (Å²) in [5, 5.41) is 3.38. The summed E-state index contributed by atoms with van der Waals surface area (Å²) in [4.78, 5) is 25.4. The number of nitrogens with zero attached hydrogens (tertiary/aromatic N) is 2. The van der Waals surface area contributed by atoms with E-state index in [0.29, 0.717) is 35.2 Å². The van der Waals surface area contributed by atoms with Gasteiger partial charge in [-0.1, -0.05) is 38.1 Å². The number of fused-ring (bicyclic) bond motifs is 1. The first-order chi connectivity index (χ1) is 14.2. The van der Waals surface area contributed by atoms with Crippen LogP contribution in [-0.2, 0) is 17.1 Å². The summed E-state index contributed by atoms with van der Waals surface area (Å²) < 4.78 is 28.7. The fourth-order valence-electron chi connectivity index (χ4n) is 3.46. The Balaban J connectivity index is 2.03. The number of carbonyl (C=O) groups is 1. The van der Waals surface area contributed by atoms with Crippen LogP contribution in [0.25, 0.3) is 10.9 Å². The lowest BCUT2D eigenvalue weighted by molar-refractivity contribution is 0.102. The largest absolute Gasteiger partial charge is 0.322 e. The van der Waals surface area contributed by atoms with Crippen LogP contribution in [0.2, 0.25) is 0 Å². The average Bonchev–Trinajstić information content (AvgIpc) is 2.72. The molecule has 1 amide bonds. The SMILES string of the molecule is CCN(CC)S(=O)(=O)c1cc(NC(=O)c2cc(=O)n(C)c3ccccc23)ccc1C. The predicted octanol–water partition coefficient (Wildman–Crippen LogP) is 3.13. The van der Waals surface area contributed by atoms with Gasteiger partial charge in [-0.05, 0) is 30.7 Å². The highest BCUT2D eigenvalue weighted by Gasteiger charge is 2.24. The maximum absolute atomic E-state index is 13.0. The van der Waals surface area contributed by atoms with E-state index in [1.54, 1.807) is 64.2 Å². The molecule has 3 rings (SSSR count). The van der Waals surface area contributed by atoms with Gasteiger partial charge >= 0.3 is 0 Å². The summed E-state index contributed by atoms with van der Waals surface area (Å²) in [6, 6.07) is 13.2. The molecule has 0 aliphatic heterocycles. The Morgan fingerprint density at radius 1 is 1.07 bits per heavy atom. The average molecular weight is 428 g/mol. The molecule has 8 heteroatoms. The second-order valence-electron chi connectivity index (χ2n) is 7.00. The van der Waals surface area contributed by atoms with Crippen LogP contribution in [0.4, 0.5) is 5.69 Å². The minimum absolute atomic E-state index is 0.151. The van der Waals surface area contributed by atoms with E-state index in [4.69, 9.17) is 0 Å². The summed E-state index contributed by atoms with van der Waals surface area (Å²) >= 11 is 0. The molecule has 0 spiro atoms. The number of hydrogen-bond donors (Lipinski definition) is 1. The Morgan fingerprint density at radius 3 is 2.40 bits per heavy atom. The van der Waals surface area contributed by atoms with Gasteiger partial charge in [-0.3, -0.25) is 9.59 Å². The number of hydrogen-bond acceptors (Lipinski definition) is 4. The minimum atomic E-state index is -3.67. The fraction of sp³-hybridized carbons (Fsp3) is 0.273. The van der Waals surface area contributed by atoms with Gasteiger partial charge in [-0.2, -0.15) is 4.31 Å². The Labute approximate surface area is 176 Å². The number of amides is 1. The first-order valence-electron chi connectivity index (χ1n) is 9.71. The summed E-state index contributed by atoms with van der Waals surface area (Å²) in [6.07, 6.45) is 0. The Bertz CT molecular complexity index is 1280. The van der Waals surface area contributed by atoms with Crippen LogP contribution in [0.3, 0.4) is 0 Å². The molecule has 0 atom stereocenters. The molecule has 0 bridgehead atoms. The van der Waals surface area contributed by atoms with Crippen molar-refractivity contribution in [3.63, 3.8) is 0 Å². The molecule has 1 aromatic heterocycles. The molecule has 1 N–H and O–H groups in total. The van der Waals surface area contributed by atoms with Crippen LogP contribution in [-0.4, -0.2) is 36.3 Å². The van der Waals surface area contributed by atoms with Crippen molar-refractivity contribution < 1.29 is 13.2 Å². The van der Waals surface area contributed by atoms with Gasteiger partial charge in [0, 0.05) is 37.3 Å². The van der Waals surface area contributed by atoms with Crippen molar-refractivity contribution in [1.82, 2.24) is 8.87 Å². The summed E-state index contributed by atoms with van der Waals surface area (Å²) in [5.41, 5.74) is 1.53. The van der Waals surface area contributed by atoms with Crippen molar-refractivity contribution in [2.45, 2.75) is 25.7 Å². The number of anilines is 1. The third kappa shape index (κ3) is 3.88. The molecule has 0 saturated carbocycles. The summed E-state index contributed by atoms with van der Waals surface area (Å²) in [5.74, 6) is -0.473. The second-order valence-corrected chi connectivity index (χ2v) is 8.90. The van der Waals surface area contributed by atoms with E-state index in [1.165, 1.54) is 21.0 Å². The van der Waals surface area contributed by atoms with Crippen LogP contribution < -0.4 is 10.9 Å². The van der Waals surface area contributed by atoms with E-state index in [1.807, 2.05) is 0 Å². The van der Waals surface area contributed by atoms with E-state index in [2.05, 4.69) is 5.32 Å². The molecule has 0 unspecified atom stereocenters. The van der Waals surface area contributed by atoms with E-state index in [-0.39, 0.29) is 16.0 Å². The van der Waals surface area contributed by atoms with Crippen molar-refractivity contribution in [3.05, 3.63) is 70.0 Å². The molecule has 2 aromatic carbocycles. The van der Waals surface area contributed by atoms with Gasteiger partial charge in [-0.25, -0.2) is 8.42 Å². The monoisotopic (exact) mass is 427 g/mol. The number of rotatable bonds is 6. The van der Waals surface area contributed by atoms with Crippen LogP contribution in [0, 0.1) is 6.92 Å². The number of carbonyl (C=O) groups excluding carboxylic acids is 1. The molecule has 0 aliphatic carbocycles. The third-order valence-corrected chi connectivity index (χ3v) is 7.36. The van der Waals surface area contributed by atoms with E-state index < -0.39 is 15.9 Å². The Morgan fingerprint density at radius 2 is 1.73 bits per heavy atom. The number of para-hydroxylation sites is 1.